The van der Waals surface area contributed by atoms with Gasteiger partial charge in [0.05, 0.1) is 12.1 Å². The minimum absolute atomic E-state index is 0.266. The van der Waals surface area contributed by atoms with E-state index in [1.165, 1.54) is 0 Å². The summed E-state index contributed by atoms with van der Waals surface area (Å²) in [5.74, 6) is -0.938. The first kappa shape index (κ1) is 14.8. The molecule has 2 aromatic rings. The van der Waals surface area contributed by atoms with Crippen LogP contribution >= 0.6 is 11.6 Å². The zero-order valence-corrected chi connectivity index (χ0v) is 12.6. The summed E-state index contributed by atoms with van der Waals surface area (Å²) in [6, 6.07) is 11.9. The fraction of sp³-hybridized carbons (Fsp3) is 0.176. The van der Waals surface area contributed by atoms with Crippen LogP contribution in [0.15, 0.2) is 42.5 Å². The average Bonchev–Trinajstić information content (AvgIpc) is 2.77. The lowest BCUT2D eigenvalue weighted by atomic mass is 9.87. The number of hydrogen-bond donors (Lipinski definition) is 2. The third kappa shape index (κ3) is 2.21. The summed E-state index contributed by atoms with van der Waals surface area (Å²) in [5.41, 5.74) is 0.0619. The number of anilines is 1. The molecule has 0 radical (unpaired) electrons. The van der Waals surface area contributed by atoms with Gasteiger partial charge in [-0.25, -0.2) is 0 Å². The topological polar surface area (TPSA) is 66.4 Å². The number of rotatable bonds is 3. The molecule has 0 spiro atoms. The SMILES string of the molecule is Cc1ccc(Cl)c2c1NC(=O)[C@@]2(O)CC(=O)c1ccccc1. The van der Waals surface area contributed by atoms with Crippen molar-refractivity contribution in [1.29, 1.82) is 0 Å². The van der Waals surface area contributed by atoms with E-state index in [0.717, 1.165) is 5.56 Å². The molecule has 0 bridgehead atoms. The molecule has 1 heterocycles. The van der Waals surface area contributed by atoms with Crippen molar-refractivity contribution in [1.82, 2.24) is 0 Å². The van der Waals surface area contributed by atoms with Gasteiger partial charge in [-0.15, -0.1) is 0 Å². The smallest absolute Gasteiger partial charge is 0.261 e. The molecule has 2 N–H and O–H groups in total. The summed E-state index contributed by atoms with van der Waals surface area (Å²) >= 11 is 6.16. The lowest BCUT2D eigenvalue weighted by Crippen LogP contribution is -2.36. The number of aryl methyl sites for hydroxylation is 1. The number of ketones is 1. The molecule has 0 saturated heterocycles. The predicted octanol–water partition coefficient (Wildman–Crippen LogP) is 3.06. The van der Waals surface area contributed by atoms with Crippen LogP contribution < -0.4 is 5.32 Å². The van der Waals surface area contributed by atoms with Crippen LogP contribution in [0, 0.1) is 6.92 Å². The number of nitrogens with one attached hydrogen (secondary N) is 1. The average molecular weight is 316 g/mol. The third-order valence-electron chi connectivity index (χ3n) is 3.90. The van der Waals surface area contributed by atoms with Crippen molar-refractivity contribution in [3.63, 3.8) is 0 Å². The van der Waals surface area contributed by atoms with Crippen LogP contribution in [0.2, 0.25) is 5.02 Å². The maximum atomic E-state index is 12.4. The van der Waals surface area contributed by atoms with E-state index in [0.29, 0.717) is 11.3 Å². The van der Waals surface area contributed by atoms with E-state index >= 15 is 0 Å². The highest BCUT2D eigenvalue weighted by atomic mass is 35.5. The molecular weight excluding hydrogens is 302 g/mol. The van der Waals surface area contributed by atoms with E-state index in [1.54, 1.807) is 49.4 Å². The van der Waals surface area contributed by atoms with Crippen LogP contribution in [0.1, 0.15) is 27.9 Å². The van der Waals surface area contributed by atoms with Crippen LogP contribution in [-0.4, -0.2) is 16.8 Å². The first-order valence-electron chi connectivity index (χ1n) is 6.85. The Morgan fingerprint density at radius 1 is 1.23 bits per heavy atom. The van der Waals surface area contributed by atoms with Crippen molar-refractivity contribution in [3.8, 4) is 0 Å². The number of fused-ring (bicyclic) bond motifs is 1. The van der Waals surface area contributed by atoms with Gasteiger partial charge in [-0.3, -0.25) is 9.59 Å². The first-order valence-corrected chi connectivity index (χ1v) is 7.23. The second kappa shape index (κ2) is 5.23. The molecule has 1 amide bonds. The molecule has 1 aliphatic heterocycles. The molecule has 4 nitrogen and oxygen atoms in total. The summed E-state index contributed by atoms with van der Waals surface area (Å²) in [5, 5.41) is 13.7. The van der Waals surface area contributed by atoms with Gasteiger partial charge in [0.25, 0.3) is 5.91 Å². The van der Waals surface area contributed by atoms with E-state index in [9.17, 15) is 14.7 Å². The van der Waals surface area contributed by atoms with E-state index in [-0.39, 0.29) is 22.8 Å². The van der Waals surface area contributed by atoms with Crippen LogP contribution in [0.25, 0.3) is 0 Å². The standard InChI is InChI=1S/C17H14ClNO3/c1-10-7-8-12(18)14-15(10)19-16(21)17(14,22)9-13(20)11-5-3-2-4-6-11/h2-8,22H,9H2,1H3,(H,19,21)/t17-/m1/s1. The molecule has 0 unspecified atom stereocenters. The number of carbonyl (C=O) groups excluding carboxylic acids is 2. The minimum Gasteiger partial charge on any atom is -0.375 e. The number of carbonyl (C=O) groups is 2. The fourth-order valence-corrected chi connectivity index (χ4v) is 3.02. The van der Waals surface area contributed by atoms with Gasteiger partial charge < -0.3 is 10.4 Å². The number of halogens is 1. The van der Waals surface area contributed by atoms with Crippen molar-refractivity contribution >= 4 is 29.0 Å². The predicted molar refractivity (Wildman–Crippen MR) is 84.1 cm³/mol. The Bertz CT molecular complexity index is 773. The third-order valence-corrected chi connectivity index (χ3v) is 4.22. The number of hydrogen-bond acceptors (Lipinski definition) is 3. The van der Waals surface area contributed by atoms with Crippen molar-refractivity contribution in [2.24, 2.45) is 0 Å². The Morgan fingerprint density at radius 2 is 1.91 bits per heavy atom. The van der Waals surface area contributed by atoms with E-state index in [1.807, 2.05) is 0 Å². The molecule has 2 aromatic carbocycles. The van der Waals surface area contributed by atoms with Crippen LogP contribution in [0.4, 0.5) is 5.69 Å². The number of amides is 1. The van der Waals surface area contributed by atoms with Crippen molar-refractivity contribution in [2.75, 3.05) is 5.32 Å². The number of aliphatic hydroxyl groups is 1. The van der Waals surface area contributed by atoms with E-state index in [4.69, 9.17) is 11.6 Å². The normalized spacial score (nSPS) is 19.7. The molecule has 1 atom stereocenters. The van der Waals surface area contributed by atoms with Gasteiger partial charge in [-0.05, 0) is 18.6 Å². The maximum Gasteiger partial charge on any atom is 0.261 e. The van der Waals surface area contributed by atoms with E-state index < -0.39 is 11.5 Å². The van der Waals surface area contributed by atoms with Gasteiger partial charge in [0.1, 0.15) is 0 Å². The second-order valence-electron chi connectivity index (χ2n) is 5.39. The molecule has 112 valence electrons. The highest BCUT2D eigenvalue weighted by Crippen LogP contribution is 2.44. The van der Waals surface area contributed by atoms with Gasteiger partial charge in [0.2, 0.25) is 0 Å². The summed E-state index contributed by atoms with van der Waals surface area (Å²) in [7, 11) is 0. The molecule has 0 aromatic heterocycles. The van der Waals surface area contributed by atoms with Gasteiger partial charge in [-0.2, -0.15) is 0 Å². The van der Waals surface area contributed by atoms with Crippen molar-refractivity contribution in [3.05, 3.63) is 64.2 Å². The molecule has 0 fully saturated rings. The second-order valence-corrected chi connectivity index (χ2v) is 5.80. The Morgan fingerprint density at radius 3 is 2.59 bits per heavy atom. The van der Waals surface area contributed by atoms with Gasteiger partial charge >= 0.3 is 0 Å². The Balaban J connectivity index is 2.03. The van der Waals surface area contributed by atoms with Crippen molar-refractivity contribution < 1.29 is 14.7 Å². The monoisotopic (exact) mass is 315 g/mol. The summed E-state index contributed by atoms with van der Waals surface area (Å²) in [6.45, 7) is 1.81. The largest absolute Gasteiger partial charge is 0.375 e. The summed E-state index contributed by atoms with van der Waals surface area (Å²) in [4.78, 5) is 24.6. The number of benzene rings is 2. The van der Waals surface area contributed by atoms with Crippen molar-refractivity contribution in [2.45, 2.75) is 18.9 Å². The maximum absolute atomic E-state index is 12.4. The molecule has 22 heavy (non-hydrogen) atoms. The van der Waals surface area contributed by atoms with Gasteiger partial charge in [-0.1, -0.05) is 48.0 Å². The number of Topliss-reactive ketones (excluding diaryl/α,β-unsaturated/α-hetero) is 1. The van der Waals surface area contributed by atoms with Gasteiger partial charge in [0.15, 0.2) is 11.4 Å². The Kier molecular flexibility index (Phi) is 3.51. The van der Waals surface area contributed by atoms with Gasteiger partial charge in [0, 0.05) is 16.1 Å². The highest BCUT2D eigenvalue weighted by molar-refractivity contribution is 6.33. The lowest BCUT2D eigenvalue weighted by Gasteiger charge is -2.21. The minimum atomic E-state index is -1.94. The highest BCUT2D eigenvalue weighted by Gasteiger charge is 2.48. The zero-order chi connectivity index (χ0) is 15.9. The summed E-state index contributed by atoms with van der Waals surface area (Å²) in [6.07, 6.45) is -0.348. The molecule has 0 saturated carbocycles. The quantitative estimate of drug-likeness (QED) is 0.855. The molecule has 0 aliphatic carbocycles. The lowest BCUT2D eigenvalue weighted by molar-refractivity contribution is -0.133. The molecule has 1 aliphatic rings. The Labute approximate surface area is 132 Å². The summed E-state index contributed by atoms with van der Waals surface area (Å²) < 4.78 is 0. The fourth-order valence-electron chi connectivity index (χ4n) is 2.70. The zero-order valence-electron chi connectivity index (χ0n) is 11.9. The van der Waals surface area contributed by atoms with E-state index in [2.05, 4.69) is 5.32 Å². The van der Waals surface area contributed by atoms with Crippen LogP contribution in [0.5, 0.6) is 0 Å². The molecule has 5 heteroatoms. The Hall–Kier alpha value is -2.17. The van der Waals surface area contributed by atoms with Crippen LogP contribution in [0.3, 0.4) is 0 Å². The first-order chi connectivity index (χ1) is 10.4. The molecule has 3 rings (SSSR count). The van der Waals surface area contributed by atoms with Crippen LogP contribution in [-0.2, 0) is 10.4 Å². The molecular formula is C17H14ClNO3.